The van der Waals surface area contributed by atoms with Gasteiger partial charge in [0.05, 0.1) is 31.6 Å². The highest BCUT2D eigenvalue weighted by molar-refractivity contribution is 7.89. The van der Waals surface area contributed by atoms with E-state index >= 15 is 0 Å². The van der Waals surface area contributed by atoms with Crippen LogP contribution >= 0.6 is 0 Å². The standard InChI is InChI=1S/C26H39N3O6S/c1-3-13-29(14-15-30)36(33,34)16-12-26(32)28-24(18-21-8-5-4-6-9-21)25(31)20-27-19-22-10-7-11-23(17-22)35-2/h4-11,17,24-25,27,30-31H,3,12-16,18-20H2,1-2H3,(H,28,32)/t24-,25-/m0/s1. The Bertz CT molecular complexity index is 1010. The van der Waals surface area contributed by atoms with Crippen molar-refractivity contribution in [1.82, 2.24) is 14.9 Å². The molecule has 4 N–H and O–H groups in total. The summed E-state index contributed by atoms with van der Waals surface area (Å²) in [7, 11) is -2.08. The molecule has 0 radical (unpaired) electrons. The van der Waals surface area contributed by atoms with E-state index in [1.165, 1.54) is 4.31 Å². The van der Waals surface area contributed by atoms with Crippen LogP contribution in [0.2, 0.25) is 0 Å². The molecule has 0 aliphatic heterocycles. The van der Waals surface area contributed by atoms with Gasteiger partial charge in [-0.25, -0.2) is 8.42 Å². The van der Waals surface area contributed by atoms with Crippen molar-refractivity contribution in [3.63, 3.8) is 0 Å². The van der Waals surface area contributed by atoms with Crippen molar-refractivity contribution < 1.29 is 28.2 Å². The van der Waals surface area contributed by atoms with E-state index < -0.39 is 28.1 Å². The zero-order chi connectivity index (χ0) is 26.4. The molecule has 10 heteroatoms. The Kier molecular flexibility index (Phi) is 12.9. The Morgan fingerprint density at radius 2 is 1.81 bits per heavy atom. The smallest absolute Gasteiger partial charge is 0.221 e. The Morgan fingerprint density at radius 3 is 2.47 bits per heavy atom. The van der Waals surface area contributed by atoms with E-state index in [1.54, 1.807) is 7.11 Å². The molecule has 36 heavy (non-hydrogen) atoms. The maximum atomic E-state index is 12.7. The first-order chi connectivity index (χ1) is 17.3. The fourth-order valence-electron chi connectivity index (χ4n) is 3.82. The van der Waals surface area contributed by atoms with Gasteiger partial charge in [-0.15, -0.1) is 0 Å². The minimum atomic E-state index is -3.68. The monoisotopic (exact) mass is 521 g/mol. The molecule has 9 nitrogen and oxygen atoms in total. The SMILES string of the molecule is CCCN(CCO)S(=O)(=O)CCC(=O)N[C@@H](Cc1ccccc1)[C@@H](O)CNCc1cccc(OC)c1. The number of carbonyl (C=O) groups excluding carboxylic acids is 1. The lowest BCUT2D eigenvalue weighted by molar-refractivity contribution is -0.122. The zero-order valence-electron chi connectivity index (χ0n) is 21.1. The summed E-state index contributed by atoms with van der Waals surface area (Å²) in [6.07, 6.45) is -0.126. The minimum absolute atomic E-state index is 0.00605. The largest absolute Gasteiger partial charge is 0.497 e. The lowest BCUT2D eigenvalue weighted by Crippen LogP contribution is -2.49. The first-order valence-electron chi connectivity index (χ1n) is 12.2. The molecular weight excluding hydrogens is 482 g/mol. The van der Waals surface area contributed by atoms with Crippen LogP contribution in [-0.2, 0) is 27.8 Å². The van der Waals surface area contributed by atoms with Crippen LogP contribution in [0.15, 0.2) is 54.6 Å². The molecule has 2 aromatic carbocycles. The van der Waals surface area contributed by atoms with Crippen LogP contribution in [0.4, 0.5) is 0 Å². The Labute approximate surface area is 214 Å². The van der Waals surface area contributed by atoms with Crippen LogP contribution in [0, 0.1) is 0 Å². The molecule has 200 valence electrons. The molecule has 1 amide bonds. The van der Waals surface area contributed by atoms with Crippen molar-refractivity contribution in [3.8, 4) is 5.75 Å². The van der Waals surface area contributed by atoms with E-state index in [9.17, 15) is 18.3 Å². The number of methoxy groups -OCH3 is 1. The van der Waals surface area contributed by atoms with Crippen LogP contribution in [0.3, 0.4) is 0 Å². The van der Waals surface area contributed by atoms with Crippen molar-refractivity contribution in [1.29, 1.82) is 0 Å². The molecule has 0 bridgehead atoms. The molecule has 0 aliphatic carbocycles. The van der Waals surface area contributed by atoms with Gasteiger partial charge in [-0.2, -0.15) is 4.31 Å². The third-order valence-electron chi connectivity index (χ3n) is 5.73. The third-order valence-corrected chi connectivity index (χ3v) is 7.60. The number of aliphatic hydroxyl groups is 2. The maximum absolute atomic E-state index is 12.7. The Balaban J connectivity index is 1.99. The number of benzene rings is 2. The second-order valence-corrected chi connectivity index (χ2v) is 10.7. The number of nitrogens with one attached hydrogen (secondary N) is 2. The molecule has 0 heterocycles. The number of hydrogen-bond donors (Lipinski definition) is 4. The van der Waals surface area contributed by atoms with Crippen LogP contribution in [0.1, 0.15) is 30.9 Å². The van der Waals surface area contributed by atoms with Crippen molar-refractivity contribution >= 4 is 15.9 Å². The van der Waals surface area contributed by atoms with Gasteiger partial charge in [-0.05, 0) is 36.1 Å². The average Bonchev–Trinajstić information content (AvgIpc) is 2.87. The summed E-state index contributed by atoms with van der Waals surface area (Å²) >= 11 is 0. The molecule has 0 unspecified atom stereocenters. The number of aliphatic hydroxyl groups excluding tert-OH is 2. The summed E-state index contributed by atoms with van der Waals surface area (Å²) in [5.74, 6) is -0.0662. The van der Waals surface area contributed by atoms with E-state index in [0.29, 0.717) is 25.9 Å². The predicted octanol–water partition coefficient (Wildman–Crippen LogP) is 1.30. The number of ether oxygens (including phenoxy) is 1. The van der Waals surface area contributed by atoms with Gasteiger partial charge in [0.25, 0.3) is 0 Å². The second-order valence-electron chi connectivity index (χ2n) is 8.60. The Morgan fingerprint density at radius 1 is 1.08 bits per heavy atom. The van der Waals surface area contributed by atoms with Gasteiger partial charge in [0, 0.05) is 32.6 Å². The van der Waals surface area contributed by atoms with Gasteiger partial charge in [-0.3, -0.25) is 4.79 Å². The summed E-state index contributed by atoms with van der Waals surface area (Å²) in [5, 5.41) is 26.1. The van der Waals surface area contributed by atoms with Crippen LogP contribution in [-0.4, -0.2) is 80.1 Å². The first-order valence-corrected chi connectivity index (χ1v) is 13.8. The highest BCUT2D eigenvalue weighted by atomic mass is 32.2. The van der Waals surface area contributed by atoms with Crippen molar-refractivity contribution in [2.75, 3.05) is 39.1 Å². The van der Waals surface area contributed by atoms with Crippen LogP contribution in [0.5, 0.6) is 5.75 Å². The number of nitrogens with zero attached hydrogens (tertiary/aromatic N) is 1. The maximum Gasteiger partial charge on any atom is 0.221 e. The van der Waals surface area contributed by atoms with Gasteiger partial charge >= 0.3 is 0 Å². The highest BCUT2D eigenvalue weighted by Gasteiger charge is 2.25. The lowest BCUT2D eigenvalue weighted by atomic mass is 10.0. The quantitative estimate of drug-likeness (QED) is 0.247. The average molecular weight is 522 g/mol. The van der Waals surface area contributed by atoms with Crippen LogP contribution < -0.4 is 15.4 Å². The Hall–Kier alpha value is -2.50. The topological polar surface area (TPSA) is 128 Å². The summed E-state index contributed by atoms with van der Waals surface area (Å²) in [4.78, 5) is 12.7. The second kappa shape index (κ2) is 15.6. The van der Waals surface area contributed by atoms with E-state index in [-0.39, 0.29) is 31.9 Å². The minimum Gasteiger partial charge on any atom is -0.497 e. The van der Waals surface area contributed by atoms with Crippen molar-refractivity contribution in [2.24, 2.45) is 0 Å². The first kappa shape index (κ1) is 29.7. The van der Waals surface area contributed by atoms with Gasteiger partial charge in [0.15, 0.2) is 0 Å². The summed E-state index contributed by atoms with van der Waals surface area (Å²) < 4.78 is 31.7. The molecule has 2 aromatic rings. The molecule has 0 aliphatic rings. The third kappa shape index (κ3) is 10.2. The van der Waals surface area contributed by atoms with Gasteiger partial charge < -0.3 is 25.6 Å². The molecule has 0 aromatic heterocycles. The molecule has 0 saturated heterocycles. The number of amides is 1. The van der Waals surface area contributed by atoms with E-state index in [0.717, 1.165) is 16.9 Å². The zero-order valence-corrected chi connectivity index (χ0v) is 21.9. The number of rotatable bonds is 17. The highest BCUT2D eigenvalue weighted by Crippen LogP contribution is 2.13. The van der Waals surface area contributed by atoms with Gasteiger partial charge in [-0.1, -0.05) is 49.4 Å². The fraction of sp³-hybridized carbons (Fsp3) is 0.500. The number of carbonyl (C=O) groups is 1. The van der Waals surface area contributed by atoms with Gasteiger partial charge in [0.2, 0.25) is 15.9 Å². The van der Waals surface area contributed by atoms with E-state index in [4.69, 9.17) is 9.84 Å². The molecular formula is C26H39N3O6S. The summed E-state index contributed by atoms with van der Waals surface area (Å²) in [5.41, 5.74) is 1.94. The number of hydrogen-bond acceptors (Lipinski definition) is 7. The summed E-state index contributed by atoms with van der Waals surface area (Å²) in [6, 6.07) is 16.5. The van der Waals surface area contributed by atoms with Crippen molar-refractivity contribution in [3.05, 3.63) is 65.7 Å². The van der Waals surface area contributed by atoms with Gasteiger partial charge in [0.1, 0.15) is 5.75 Å². The predicted molar refractivity (Wildman–Crippen MR) is 140 cm³/mol. The van der Waals surface area contributed by atoms with Crippen molar-refractivity contribution in [2.45, 2.75) is 44.9 Å². The van der Waals surface area contributed by atoms with Crippen LogP contribution in [0.25, 0.3) is 0 Å². The number of sulfonamides is 1. The molecule has 0 spiro atoms. The normalized spacial score (nSPS) is 13.4. The molecule has 0 saturated carbocycles. The van der Waals surface area contributed by atoms with E-state index in [2.05, 4.69) is 10.6 Å². The molecule has 2 rings (SSSR count). The molecule has 0 fully saturated rings. The fourth-order valence-corrected chi connectivity index (χ4v) is 5.34. The molecule has 2 atom stereocenters. The lowest BCUT2D eigenvalue weighted by Gasteiger charge is -2.25. The van der Waals surface area contributed by atoms with E-state index in [1.807, 2.05) is 61.5 Å². The summed E-state index contributed by atoms with van der Waals surface area (Å²) in [6.45, 7) is 2.61.